The van der Waals surface area contributed by atoms with E-state index in [9.17, 15) is 13.2 Å². The molecule has 0 aliphatic heterocycles. The highest BCUT2D eigenvalue weighted by Crippen LogP contribution is 2.28. The summed E-state index contributed by atoms with van der Waals surface area (Å²) in [5.74, 6) is -0.363. The normalized spacial score (nSPS) is 12.7. The first-order valence-electron chi connectivity index (χ1n) is 11.6. The Bertz CT molecular complexity index is 1210. The van der Waals surface area contributed by atoms with Gasteiger partial charge in [0.25, 0.3) is 10.0 Å². The molecule has 0 saturated heterocycles. The average molecular weight is 479 g/mol. The number of benzene rings is 3. The summed E-state index contributed by atoms with van der Waals surface area (Å²) < 4.78 is 28.4. The van der Waals surface area contributed by atoms with Crippen LogP contribution in [0.25, 0.3) is 0 Å². The topological polar surface area (TPSA) is 66.5 Å². The van der Waals surface area contributed by atoms with E-state index in [1.54, 1.807) is 42.5 Å². The molecule has 0 bridgehead atoms. The van der Waals surface area contributed by atoms with Gasteiger partial charge in [0.05, 0.1) is 16.6 Å². The number of hydrogen-bond donors (Lipinski definition) is 1. The molecule has 0 spiro atoms. The smallest absolute Gasteiger partial charge is 0.264 e. The summed E-state index contributed by atoms with van der Waals surface area (Å²) in [6, 6.07) is 23.4. The first-order chi connectivity index (χ1) is 16.0. The highest BCUT2D eigenvalue weighted by Gasteiger charge is 2.29. The standard InChI is InChI=1S/C28H34N2O3S/c1-6-22-12-10-11-15-26(22)30(34(32,33)25-13-8-7-9-14-25)20-27(31)29-21(2)23-16-18-24(19-17-23)28(3,4)5/h7-19,21H,6,20H2,1-5H3,(H,29,31)/t21-/m0/s1. The Labute approximate surface area is 203 Å². The van der Waals surface area contributed by atoms with Gasteiger partial charge >= 0.3 is 0 Å². The van der Waals surface area contributed by atoms with Gasteiger partial charge in [-0.05, 0) is 53.6 Å². The fraction of sp³-hybridized carbons (Fsp3) is 0.321. The molecule has 0 aromatic heterocycles. The van der Waals surface area contributed by atoms with Crippen molar-refractivity contribution in [1.82, 2.24) is 5.32 Å². The molecule has 0 aliphatic carbocycles. The monoisotopic (exact) mass is 478 g/mol. The van der Waals surface area contributed by atoms with Crippen molar-refractivity contribution in [2.24, 2.45) is 0 Å². The first kappa shape index (κ1) is 25.5. The van der Waals surface area contributed by atoms with Crippen molar-refractivity contribution in [3.63, 3.8) is 0 Å². The van der Waals surface area contributed by atoms with E-state index in [1.807, 2.05) is 38.1 Å². The number of carbonyl (C=O) groups excluding carboxylic acids is 1. The molecular formula is C28H34N2O3S. The maximum Gasteiger partial charge on any atom is 0.264 e. The van der Waals surface area contributed by atoms with Crippen LogP contribution in [0.3, 0.4) is 0 Å². The van der Waals surface area contributed by atoms with Gasteiger partial charge in [0.1, 0.15) is 6.54 Å². The number of rotatable bonds is 8. The lowest BCUT2D eigenvalue weighted by atomic mass is 9.86. The Hall–Kier alpha value is -3.12. The van der Waals surface area contributed by atoms with E-state index >= 15 is 0 Å². The molecule has 0 heterocycles. The van der Waals surface area contributed by atoms with Gasteiger partial charge in [-0.15, -0.1) is 0 Å². The number of anilines is 1. The van der Waals surface area contributed by atoms with Crippen molar-refractivity contribution in [2.45, 2.75) is 57.4 Å². The van der Waals surface area contributed by atoms with Crippen LogP contribution in [-0.4, -0.2) is 20.9 Å². The van der Waals surface area contributed by atoms with Crippen LogP contribution >= 0.6 is 0 Å². The highest BCUT2D eigenvalue weighted by molar-refractivity contribution is 7.92. The molecule has 0 aliphatic rings. The van der Waals surface area contributed by atoms with Crippen molar-refractivity contribution in [1.29, 1.82) is 0 Å². The lowest BCUT2D eigenvalue weighted by molar-refractivity contribution is -0.120. The van der Waals surface area contributed by atoms with Crippen LogP contribution in [0.5, 0.6) is 0 Å². The molecule has 1 amide bonds. The summed E-state index contributed by atoms with van der Waals surface area (Å²) in [4.78, 5) is 13.2. The van der Waals surface area contributed by atoms with Crippen molar-refractivity contribution in [3.05, 3.63) is 95.6 Å². The van der Waals surface area contributed by atoms with Crippen LogP contribution in [0.4, 0.5) is 5.69 Å². The molecule has 3 aromatic rings. The lowest BCUT2D eigenvalue weighted by Crippen LogP contribution is -2.42. The summed E-state index contributed by atoms with van der Waals surface area (Å²) >= 11 is 0. The fourth-order valence-electron chi connectivity index (χ4n) is 3.85. The second-order valence-corrected chi connectivity index (χ2v) is 11.3. The van der Waals surface area contributed by atoms with Crippen molar-refractivity contribution in [3.8, 4) is 0 Å². The summed E-state index contributed by atoms with van der Waals surface area (Å²) in [5, 5.41) is 2.97. The average Bonchev–Trinajstić information content (AvgIpc) is 2.82. The number of hydrogen-bond acceptors (Lipinski definition) is 3. The van der Waals surface area contributed by atoms with Crippen LogP contribution < -0.4 is 9.62 Å². The maximum absolute atomic E-state index is 13.6. The van der Waals surface area contributed by atoms with Crippen LogP contribution in [0.2, 0.25) is 0 Å². The molecular weight excluding hydrogens is 444 g/mol. The van der Waals surface area contributed by atoms with Crippen molar-refractivity contribution >= 4 is 21.6 Å². The van der Waals surface area contributed by atoms with E-state index in [2.05, 4.69) is 38.2 Å². The molecule has 34 heavy (non-hydrogen) atoms. The van der Waals surface area contributed by atoms with Crippen LogP contribution in [-0.2, 0) is 26.7 Å². The summed E-state index contributed by atoms with van der Waals surface area (Å²) in [7, 11) is -3.93. The van der Waals surface area contributed by atoms with E-state index in [4.69, 9.17) is 0 Å². The SMILES string of the molecule is CCc1ccccc1N(CC(=O)N[C@@H](C)c1ccc(C(C)(C)C)cc1)S(=O)(=O)c1ccccc1. The molecule has 0 radical (unpaired) electrons. The Morgan fingerprint density at radius 3 is 2.09 bits per heavy atom. The molecule has 1 N–H and O–H groups in total. The number of para-hydroxylation sites is 1. The summed E-state index contributed by atoms with van der Waals surface area (Å²) in [6.45, 7) is 10.0. The third-order valence-corrected chi connectivity index (χ3v) is 7.69. The van der Waals surface area contributed by atoms with Crippen molar-refractivity contribution < 1.29 is 13.2 Å². The van der Waals surface area contributed by atoms with E-state index in [0.29, 0.717) is 12.1 Å². The van der Waals surface area contributed by atoms with Crippen molar-refractivity contribution in [2.75, 3.05) is 10.8 Å². The number of nitrogens with zero attached hydrogens (tertiary/aromatic N) is 1. The van der Waals surface area contributed by atoms with E-state index in [1.165, 1.54) is 9.87 Å². The minimum Gasteiger partial charge on any atom is -0.348 e. The molecule has 0 unspecified atom stereocenters. The van der Waals surface area contributed by atoms with Gasteiger partial charge in [0.2, 0.25) is 5.91 Å². The summed E-state index contributed by atoms with van der Waals surface area (Å²) in [5.41, 5.74) is 3.61. The maximum atomic E-state index is 13.6. The number of nitrogens with one attached hydrogen (secondary N) is 1. The number of aryl methyl sites for hydroxylation is 1. The molecule has 6 heteroatoms. The highest BCUT2D eigenvalue weighted by atomic mass is 32.2. The van der Waals surface area contributed by atoms with E-state index in [-0.39, 0.29) is 28.8 Å². The van der Waals surface area contributed by atoms with Gasteiger partial charge in [0.15, 0.2) is 0 Å². The molecule has 3 aromatic carbocycles. The van der Waals surface area contributed by atoms with Gasteiger partial charge in [-0.1, -0.05) is 88.4 Å². The second kappa shape index (κ2) is 10.4. The third-order valence-electron chi connectivity index (χ3n) is 5.91. The van der Waals surface area contributed by atoms with Gasteiger partial charge < -0.3 is 5.32 Å². The fourth-order valence-corrected chi connectivity index (χ4v) is 5.32. The molecule has 1 atom stereocenters. The zero-order valence-corrected chi connectivity index (χ0v) is 21.4. The van der Waals surface area contributed by atoms with E-state index in [0.717, 1.165) is 11.1 Å². The third kappa shape index (κ3) is 5.86. The Balaban J connectivity index is 1.87. The second-order valence-electron chi connectivity index (χ2n) is 9.47. The van der Waals surface area contributed by atoms with Gasteiger partial charge in [-0.3, -0.25) is 9.10 Å². The Kier molecular flexibility index (Phi) is 7.82. The van der Waals surface area contributed by atoms with Gasteiger partial charge in [-0.2, -0.15) is 0 Å². The molecule has 5 nitrogen and oxygen atoms in total. The predicted octanol–water partition coefficient (Wildman–Crippen LogP) is 5.62. The number of carbonyl (C=O) groups is 1. The van der Waals surface area contributed by atoms with Crippen LogP contribution in [0.1, 0.15) is 57.4 Å². The van der Waals surface area contributed by atoms with Crippen LogP contribution in [0, 0.1) is 0 Å². The molecule has 180 valence electrons. The van der Waals surface area contributed by atoms with Crippen LogP contribution in [0.15, 0.2) is 83.8 Å². The molecule has 0 fully saturated rings. The zero-order valence-electron chi connectivity index (χ0n) is 20.6. The molecule has 0 saturated carbocycles. The number of sulfonamides is 1. The Morgan fingerprint density at radius 2 is 1.50 bits per heavy atom. The predicted molar refractivity (Wildman–Crippen MR) is 138 cm³/mol. The number of amides is 1. The largest absolute Gasteiger partial charge is 0.348 e. The van der Waals surface area contributed by atoms with E-state index < -0.39 is 10.0 Å². The Morgan fingerprint density at radius 1 is 0.912 bits per heavy atom. The zero-order chi connectivity index (χ0) is 24.9. The van der Waals surface area contributed by atoms with Gasteiger partial charge in [-0.25, -0.2) is 8.42 Å². The summed E-state index contributed by atoms with van der Waals surface area (Å²) in [6.07, 6.45) is 0.648. The minimum atomic E-state index is -3.93. The quantitative estimate of drug-likeness (QED) is 0.457. The molecule has 3 rings (SSSR count). The first-order valence-corrected chi connectivity index (χ1v) is 13.0. The lowest BCUT2D eigenvalue weighted by Gasteiger charge is -2.27. The van der Waals surface area contributed by atoms with Gasteiger partial charge in [0, 0.05) is 0 Å². The minimum absolute atomic E-state index is 0.0456.